The van der Waals surface area contributed by atoms with E-state index < -0.39 is 6.10 Å². The van der Waals surface area contributed by atoms with Crippen molar-refractivity contribution in [3.8, 4) is 0 Å². The van der Waals surface area contributed by atoms with Crippen LogP contribution in [-0.2, 0) is 0 Å². The van der Waals surface area contributed by atoms with Gasteiger partial charge in [-0.1, -0.05) is 41.9 Å². The summed E-state index contributed by atoms with van der Waals surface area (Å²) < 4.78 is 1.04. The maximum Gasteiger partial charge on any atom is 0.0916 e. The molecular weight excluding hydrogens is 334 g/mol. The third-order valence-corrected chi connectivity index (χ3v) is 3.11. The van der Waals surface area contributed by atoms with Crippen LogP contribution in [0.25, 0.3) is 0 Å². The SMILES string of the molecule is Br.CCN(CC)CC(O)c1ccc(Br)cc1. The Labute approximate surface area is 117 Å². The molecule has 0 saturated heterocycles. The lowest BCUT2D eigenvalue weighted by Crippen LogP contribution is -2.28. The van der Waals surface area contributed by atoms with Gasteiger partial charge < -0.3 is 10.0 Å². The minimum Gasteiger partial charge on any atom is -0.387 e. The van der Waals surface area contributed by atoms with Crippen LogP contribution < -0.4 is 0 Å². The maximum atomic E-state index is 9.99. The largest absolute Gasteiger partial charge is 0.387 e. The van der Waals surface area contributed by atoms with Crippen LogP contribution >= 0.6 is 32.9 Å². The molecule has 1 atom stereocenters. The molecule has 0 fully saturated rings. The summed E-state index contributed by atoms with van der Waals surface area (Å²) >= 11 is 3.38. The minimum absolute atomic E-state index is 0. The lowest BCUT2D eigenvalue weighted by Gasteiger charge is -2.22. The van der Waals surface area contributed by atoms with Gasteiger partial charge in [0, 0.05) is 11.0 Å². The first-order valence-corrected chi connectivity index (χ1v) is 6.12. The molecule has 2 nitrogen and oxygen atoms in total. The average Bonchev–Trinajstić information content (AvgIpc) is 2.26. The van der Waals surface area contributed by atoms with Crippen LogP contribution in [0.4, 0.5) is 0 Å². The van der Waals surface area contributed by atoms with Crippen molar-refractivity contribution in [2.45, 2.75) is 20.0 Å². The summed E-state index contributed by atoms with van der Waals surface area (Å²) in [5.41, 5.74) is 0.977. The van der Waals surface area contributed by atoms with Crippen LogP contribution in [0.15, 0.2) is 28.7 Å². The van der Waals surface area contributed by atoms with E-state index >= 15 is 0 Å². The number of likely N-dealkylation sites (N-methyl/N-ethyl adjacent to an activating group) is 1. The average molecular weight is 353 g/mol. The Hall–Kier alpha value is 0.100. The molecule has 0 aromatic heterocycles. The molecule has 1 rings (SSSR count). The Morgan fingerprint density at radius 1 is 1.19 bits per heavy atom. The first kappa shape index (κ1) is 16.1. The van der Waals surface area contributed by atoms with Crippen molar-refractivity contribution in [2.24, 2.45) is 0 Å². The van der Waals surface area contributed by atoms with E-state index in [1.165, 1.54) is 0 Å². The number of hydrogen-bond donors (Lipinski definition) is 1. The summed E-state index contributed by atoms with van der Waals surface area (Å²) in [6, 6.07) is 7.83. The quantitative estimate of drug-likeness (QED) is 0.877. The topological polar surface area (TPSA) is 23.5 Å². The van der Waals surface area contributed by atoms with Crippen molar-refractivity contribution < 1.29 is 5.11 Å². The normalized spacial score (nSPS) is 12.3. The summed E-state index contributed by atoms with van der Waals surface area (Å²) in [4.78, 5) is 2.21. The summed E-state index contributed by atoms with van der Waals surface area (Å²) in [7, 11) is 0. The number of benzene rings is 1. The second kappa shape index (κ2) is 8.23. The third kappa shape index (κ3) is 4.95. The van der Waals surface area contributed by atoms with E-state index in [9.17, 15) is 5.11 Å². The van der Waals surface area contributed by atoms with Gasteiger partial charge in [0.2, 0.25) is 0 Å². The van der Waals surface area contributed by atoms with Crippen molar-refractivity contribution in [1.82, 2.24) is 4.90 Å². The Morgan fingerprint density at radius 2 is 1.69 bits per heavy atom. The van der Waals surface area contributed by atoms with Gasteiger partial charge in [-0.05, 0) is 30.8 Å². The molecule has 0 radical (unpaired) electrons. The van der Waals surface area contributed by atoms with Crippen molar-refractivity contribution in [2.75, 3.05) is 19.6 Å². The Balaban J connectivity index is 0.00000225. The van der Waals surface area contributed by atoms with Crippen molar-refractivity contribution in [1.29, 1.82) is 0 Å². The van der Waals surface area contributed by atoms with E-state index in [0.717, 1.165) is 23.1 Å². The van der Waals surface area contributed by atoms with Gasteiger partial charge in [0.1, 0.15) is 0 Å². The van der Waals surface area contributed by atoms with E-state index in [4.69, 9.17) is 0 Å². The van der Waals surface area contributed by atoms with Gasteiger partial charge in [-0.3, -0.25) is 0 Å². The monoisotopic (exact) mass is 351 g/mol. The van der Waals surface area contributed by atoms with Gasteiger partial charge in [-0.2, -0.15) is 0 Å². The molecule has 1 N–H and O–H groups in total. The zero-order chi connectivity index (χ0) is 11.3. The highest BCUT2D eigenvalue weighted by atomic mass is 79.9. The van der Waals surface area contributed by atoms with Crippen molar-refractivity contribution in [3.05, 3.63) is 34.3 Å². The fraction of sp³-hybridized carbons (Fsp3) is 0.500. The lowest BCUT2D eigenvalue weighted by molar-refractivity contribution is 0.119. The van der Waals surface area contributed by atoms with Crippen LogP contribution in [0, 0.1) is 0 Å². The predicted octanol–water partition coefficient (Wildman–Crippen LogP) is 3.40. The molecule has 0 aliphatic rings. The van der Waals surface area contributed by atoms with Crippen LogP contribution in [0.1, 0.15) is 25.5 Å². The van der Waals surface area contributed by atoms with Gasteiger partial charge in [0.15, 0.2) is 0 Å². The molecule has 0 amide bonds. The van der Waals surface area contributed by atoms with Crippen LogP contribution in [-0.4, -0.2) is 29.6 Å². The second-order valence-corrected chi connectivity index (χ2v) is 4.47. The summed E-state index contributed by atoms with van der Waals surface area (Å²) in [6.07, 6.45) is -0.391. The molecule has 16 heavy (non-hydrogen) atoms. The summed E-state index contributed by atoms with van der Waals surface area (Å²) in [5.74, 6) is 0. The Kier molecular flexibility index (Phi) is 8.28. The second-order valence-electron chi connectivity index (χ2n) is 3.55. The van der Waals surface area contributed by atoms with Gasteiger partial charge >= 0.3 is 0 Å². The number of aliphatic hydroxyl groups excluding tert-OH is 1. The van der Waals surface area contributed by atoms with Crippen LogP contribution in [0.3, 0.4) is 0 Å². The molecule has 1 aromatic rings. The van der Waals surface area contributed by atoms with E-state index in [1.54, 1.807) is 0 Å². The van der Waals surface area contributed by atoms with Crippen molar-refractivity contribution in [3.63, 3.8) is 0 Å². The number of hydrogen-bond acceptors (Lipinski definition) is 2. The van der Waals surface area contributed by atoms with E-state index in [2.05, 4.69) is 34.7 Å². The van der Waals surface area contributed by atoms with Gasteiger partial charge in [0.05, 0.1) is 6.10 Å². The summed E-state index contributed by atoms with van der Waals surface area (Å²) in [5, 5.41) is 9.99. The smallest absolute Gasteiger partial charge is 0.0916 e. The number of rotatable bonds is 5. The predicted molar refractivity (Wildman–Crippen MR) is 77.2 cm³/mol. The highest BCUT2D eigenvalue weighted by molar-refractivity contribution is 9.10. The maximum absolute atomic E-state index is 9.99. The minimum atomic E-state index is -0.391. The number of nitrogens with zero attached hydrogens (tertiary/aromatic N) is 1. The summed E-state index contributed by atoms with van der Waals surface area (Å²) in [6.45, 7) is 6.87. The molecule has 1 unspecified atom stereocenters. The number of halogens is 2. The first-order valence-electron chi connectivity index (χ1n) is 5.33. The zero-order valence-corrected chi connectivity index (χ0v) is 13.0. The zero-order valence-electron chi connectivity index (χ0n) is 9.69. The van der Waals surface area contributed by atoms with E-state index in [1.807, 2.05) is 24.3 Å². The van der Waals surface area contributed by atoms with Gasteiger partial charge in [-0.15, -0.1) is 17.0 Å². The Bertz CT molecular complexity index is 286. The highest BCUT2D eigenvalue weighted by Gasteiger charge is 2.10. The van der Waals surface area contributed by atoms with Crippen LogP contribution in [0.5, 0.6) is 0 Å². The molecular formula is C12H19Br2NO. The van der Waals surface area contributed by atoms with E-state index in [-0.39, 0.29) is 17.0 Å². The fourth-order valence-corrected chi connectivity index (χ4v) is 1.78. The van der Waals surface area contributed by atoms with E-state index in [0.29, 0.717) is 6.54 Å². The molecule has 1 aromatic carbocycles. The molecule has 0 aliphatic heterocycles. The van der Waals surface area contributed by atoms with Crippen molar-refractivity contribution >= 4 is 32.9 Å². The standard InChI is InChI=1S/C12H18BrNO.BrH/c1-3-14(4-2)9-12(15)10-5-7-11(13)8-6-10;/h5-8,12,15H,3-4,9H2,1-2H3;1H. The fourth-order valence-electron chi connectivity index (χ4n) is 1.52. The molecule has 92 valence electrons. The van der Waals surface area contributed by atoms with Gasteiger partial charge in [0.25, 0.3) is 0 Å². The highest BCUT2D eigenvalue weighted by Crippen LogP contribution is 2.17. The molecule has 0 saturated carbocycles. The molecule has 0 aliphatic carbocycles. The molecule has 0 heterocycles. The first-order chi connectivity index (χ1) is 7.17. The molecule has 0 spiro atoms. The Morgan fingerprint density at radius 3 is 2.12 bits per heavy atom. The molecule has 0 bridgehead atoms. The lowest BCUT2D eigenvalue weighted by atomic mass is 10.1. The number of aliphatic hydroxyl groups is 1. The third-order valence-electron chi connectivity index (χ3n) is 2.58. The molecule has 4 heteroatoms. The van der Waals surface area contributed by atoms with Gasteiger partial charge in [-0.25, -0.2) is 0 Å². The van der Waals surface area contributed by atoms with Crippen LogP contribution in [0.2, 0.25) is 0 Å².